The van der Waals surface area contributed by atoms with Crippen molar-refractivity contribution in [1.29, 1.82) is 0 Å². The average Bonchev–Trinajstić information content (AvgIpc) is 2.76. The van der Waals surface area contributed by atoms with Gasteiger partial charge in [0, 0.05) is 36.1 Å². The topological polar surface area (TPSA) is 72.9 Å². The molecule has 1 fully saturated rings. The van der Waals surface area contributed by atoms with Crippen LogP contribution in [0.3, 0.4) is 0 Å². The maximum absolute atomic E-state index is 12.0. The van der Waals surface area contributed by atoms with Gasteiger partial charge < -0.3 is 14.4 Å². The summed E-state index contributed by atoms with van der Waals surface area (Å²) in [6.07, 6.45) is 0.219. The monoisotopic (exact) mass is 345 g/mol. The first-order chi connectivity index (χ1) is 10.4. The molecule has 6 nitrogen and oxygen atoms in total. The largest absolute Gasteiger partial charge is 0.486 e. The van der Waals surface area contributed by atoms with E-state index >= 15 is 0 Å². The van der Waals surface area contributed by atoms with Crippen LogP contribution in [0.5, 0.6) is 11.5 Å². The van der Waals surface area contributed by atoms with Gasteiger partial charge >= 0.3 is 0 Å². The van der Waals surface area contributed by atoms with Crippen LogP contribution >= 0.6 is 10.7 Å². The molecule has 0 N–H and O–H groups in total. The quantitative estimate of drug-likeness (QED) is 0.771. The van der Waals surface area contributed by atoms with E-state index < -0.39 is 9.05 Å². The molecule has 3 rings (SSSR count). The van der Waals surface area contributed by atoms with Gasteiger partial charge in [-0.15, -0.1) is 0 Å². The van der Waals surface area contributed by atoms with Crippen LogP contribution in [0, 0.1) is 5.92 Å². The van der Waals surface area contributed by atoms with Crippen molar-refractivity contribution in [3.05, 3.63) is 23.8 Å². The van der Waals surface area contributed by atoms with Crippen molar-refractivity contribution >= 4 is 25.6 Å². The number of halogens is 1. The summed E-state index contributed by atoms with van der Waals surface area (Å²) in [5.41, 5.74) is 0.923. The molecule has 1 aromatic rings. The normalized spacial score (nSPS) is 21.2. The summed E-state index contributed by atoms with van der Waals surface area (Å²) in [4.78, 5) is 13.6. The molecule has 22 heavy (non-hydrogen) atoms. The van der Waals surface area contributed by atoms with Crippen LogP contribution in [0.4, 0.5) is 0 Å². The Morgan fingerprint density at radius 2 is 1.95 bits per heavy atom. The second-order valence-corrected chi connectivity index (χ2v) is 8.35. The Labute approximate surface area is 133 Å². The number of carbonyl (C=O) groups excluding carboxylic acids is 1. The molecule has 1 aromatic carbocycles. The van der Waals surface area contributed by atoms with Gasteiger partial charge in [0.15, 0.2) is 11.5 Å². The molecule has 0 aromatic heterocycles. The van der Waals surface area contributed by atoms with Gasteiger partial charge in [0.2, 0.25) is 15.0 Å². The fourth-order valence-corrected chi connectivity index (χ4v) is 4.13. The Balaban J connectivity index is 1.67. The number of likely N-dealkylation sites (tertiary alicyclic amines) is 1. The molecule has 1 amide bonds. The van der Waals surface area contributed by atoms with Crippen LogP contribution in [0.2, 0.25) is 0 Å². The van der Waals surface area contributed by atoms with Gasteiger partial charge in [0.25, 0.3) is 0 Å². The maximum Gasteiger partial charge on any atom is 0.232 e. The van der Waals surface area contributed by atoms with Crippen molar-refractivity contribution in [2.75, 3.05) is 25.5 Å². The fourth-order valence-electron chi connectivity index (χ4n) is 2.81. The summed E-state index contributed by atoms with van der Waals surface area (Å²) in [5, 5.41) is 0. The van der Waals surface area contributed by atoms with E-state index in [1.807, 2.05) is 18.2 Å². The SMILES string of the molecule is O=C1CC(CS(=O)(=O)Cl)CN1Cc1ccc2c(c1)OCCO2. The second kappa shape index (κ2) is 5.96. The molecule has 1 saturated heterocycles. The maximum atomic E-state index is 12.0. The molecule has 2 aliphatic heterocycles. The Morgan fingerprint density at radius 1 is 1.23 bits per heavy atom. The predicted molar refractivity (Wildman–Crippen MR) is 80.6 cm³/mol. The Morgan fingerprint density at radius 3 is 2.68 bits per heavy atom. The van der Waals surface area contributed by atoms with Crippen molar-refractivity contribution in [1.82, 2.24) is 4.90 Å². The molecule has 2 heterocycles. The number of rotatable bonds is 4. The van der Waals surface area contributed by atoms with Crippen molar-refractivity contribution in [2.24, 2.45) is 5.92 Å². The smallest absolute Gasteiger partial charge is 0.232 e. The van der Waals surface area contributed by atoms with Crippen LogP contribution in [-0.4, -0.2) is 44.7 Å². The number of benzene rings is 1. The molecule has 2 aliphatic rings. The zero-order valence-corrected chi connectivity index (χ0v) is 13.4. The molecule has 8 heteroatoms. The number of hydrogen-bond donors (Lipinski definition) is 0. The zero-order valence-electron chi connectivity index (χ0n) is 11.8. The van der Waals surface area contributed by atoms with E-state index in [0.717, 1.165) is 5.56 Å². The molecular weight excluding hydrogens is 330 g/mol. The van der Waals surface area contributed by atoms with Gasteiger partial charge in [-0.2, -0.15) is 0 Å². The summed E-state index contributed by atoms with van der Waals surface area (Å²) in [5.74, 6) is 0.911. The third kappa shape index (κ3) is 3.64. The van der Waals surface area contributed by atoms with E-state index in [2.05, 4.69) is 0 Å². The number of hydrogen-bond acceptors (Lipinski definition) is 5. The van der Waals surface area contributed by atoms with Crippen molar-refractivity contribution in [3.63, 3.8) is 0 Å². The minimum atomic E-state index is -3.58. The Hall–Kier alpha value is -1.47. The van der Waals surface area contributed by atoms with Gasteiger partial charge in [-0.25, -0.2) is 8.42 Å². The molecule has 0 aliphatic carbocycles. The third-order valence-corrected chi connectivity index (χ3v) is 4.96. The molecule has 0 radical (unpaired) electrons. The highest BCUT2D eigenvalue weighted by Crippen LogP contribution is 2.32. The average molecular weight is 346 g/mol. The van der Waals surface area contributed by atoms with Crippen molar-refractivity contribution in [2.45, 2.75) is 13.0 Å². The van der Waals surface area contributed by atoms with Crippen LogP contribution < -0.4 is 9.47 Å². The van der Waals surface area contributed by atoms with E-state index in [1.165, 1.54) is 0 Å². The molecule has 0 bridgehead atoms. The molecule has 1 unspecified atom stereocenters. The second-order valence-electron chi connectivity index (χ2n) is 5.53. The highest BCUT2D eigenvalue weighted by molar-refractivity contribution is 8.13. The predicted octanol–water partition coefficient (Wildman–Crippen LogP) is 1.37. The number of carbonyl (C=O) groups is 1. The Bertz CT molecular complexity index is 690. The lowest BCUT2D eigenvalue weighted by Gasteiger charge is -2.21. The van der Waals surface area contributed by atoms with Gasteiger partial charge in [0.05, 0.1) is 5.75 Å². The minimum Gasteiger partial charge on any atom is -0.486 e. The molecular formula is C14H16ClNO5S. The van der Waals surface area contributed by atoms with Crippen LogP contribution in [0.25, 0.3) is 0 Å². The highest BCUT2D eigenvalue weighted by Gasteiger charge is 2.32. The van der Waals surface area contributed by atoms with Crippen LogP contribution in [0.1, 0.15) is 12.0 Å². The number of amides is 1. The van der Waals surface area contributed by atoms with Gasteiger partial charge in [-0.05, 0) is 17.7 Å². The highest BCUT2D eigenvalue weighted by atomic mass is 35.7. The Kier molecular flexibility index (Phi) is 4.18. The van der Waals surface area contributed by atoms with Gasteiger partial charge in [-0.3, -0.25) is 4.79 Å². The zero-order chi connectivity index (χ0) is 15.7. The van der Waals surface area contributed by atoms with E-state index in [0.29, 0.717) is 37.8 Å². The lowest BCUT2D eigenvalue weighted by molar-refractivity contribution is -0.128. The fraction of sp³-hybridized carbons (Fsp3) is 0.500. The lowest BCUT2D eigenvalue weighted by atomic mass is 10.1. The molecule has 120 valence electrons. The van der Waals surface area contributed by atoms with Crippen molar-refractivity contribution < 1.29 is 22.7 Å². The minimum absolute atomic E-state index is 0.0554. The van der Waals surface area contributed by atoms with E-state index in [9.17, 15) is 13.2 Å². The first-order valence-electron chi connectivity index (χ1n) is 6.99. The number of nitrogens with zero attached hydrogens (tertiary/aromatic N) is 1. The van der Waals surface area contributed by atoms with E-state index in [1.54, 1.807) is 4.90 Å². The van der Waals surface area contributed by atoms with E-state index in [4.69, 9.17) is 20.2 Å². The van der Waals surface area contributed by atoms with Crippen LogP contribution in [0.15, 0.2) is 18.2 Å². The molecule has 0 saturated carbocycles. The molecule has 1 atom stereocenters. The standard InChI is InChI=1S/C14H16ClNO5S/c15-22(18,19)9-11-6-14(17)16(8-11)7-10-1-2-12-13(5-10)21-4-3-20-12/h1-2,5,11H,3-4,6-9H2. The summed E-state index contributed by atoms with van der Waals surface area (Å²) in [6.45, 7) is 1.87. The number of ether oxygens (including phenoxy) is 2. The number of fused-ring (bicyclic) bond motifs is 1. The molecule has 0 spiro atoms. The third-order valence-electron chi connectivity index (χ3n) is 3.71. The first-order valence-corrected chi connectivity index (χ1v) is 9.47. The van der Waals surface area contributed by atoms with Crippen LogP contribution in [-0.2, 0) is 20.4 Å². The van der Waals surface area contributed by atoms with E-state index in [-0.39, 0.29) is 24.0 Å². The summed E-state index contributed by atoms with van der Waals surface area (Å²) in [7, 11) is 1.68. The lowest BCUT2D eigenvalue weighted by Crippen LogP contribution is -2.25. The summed E-state index contributed by atoms with van der Waals surface area (Å²) >= 11 is 0. The summed E-state index contributed by atoms with van der Waals surface area (Å²) < 4.78 is 33.2. The summed E-state index contributed by atoms with van der Waals surface area (Å²) in [6, 6.07) is 5.56. The first kappa shape index (κ1) is 15.4. The van der Waals surface area contributed by atoms with Crippen molar-refractivity contribution in [3.8, 4) is 11.5 Å². The van der Waals surface area contributed by atoms with Gasteiger partial charge in [0.1, 0.15) is 13.2 Å². The van der Waals surface area contributed by atoms with Gasteiger partial charge in [-0.1, -0.05) is 6.07 Å².